The van der Waals surface area contributed by atoms with Crippen molar-refractivity contribution in [2.45, 2.75) is 12.6 Å². The lowest BCUT2D eigenvalue weighted by molar-refractivity contribution is -0.123. The zero-order valence-electron chi connectivity index (χ0n) is 11.3. The van der Waals surface area contributed by atoms with Crippen LogP contribution < -0.4 is 11.1 Å². The van der Waals surface area contributed by atoms with E-state index in [1.807, 2.05) is 24.3 Å². The van der Waals surface area contributed by atoms with Gasteiger partial charge in [-0.2, -0.15) is 0 Å². The number of rotatable bonds is 5. The second-order valence-electron chi connectivity index (χ2n) is 4.72. The van der Waals surface area contributed by atoms with Gasteiger partial charge in [-0.05, 0) is 11.1 Å². The van der Waals surface area contributed by atoms with Gasteiger partial charge in [0.1, 0.15) is 6.04 Å². The van der Waals surface area contributed by atoms with E-state index < -0.39 is 0 Å². The summed E-state index contributed by atoms with van der Waals surface area (Å²) in [6, 6.07) is 7.47. The maximum Gasteiger partial charge on any atom is 0.239 e. The third kappa shape index (κ3) is 3.32. The number of piperazine rings is 1. The number of nitrogens with two attached hydrogens (primary N) is 1. The number of methoxy groups -OCH3 is 1. The molecule has 0 aromatic heterocycles. The number of benzene rings is 1. The molecule has 1 aromatic carbocycles. The van der Waals surface area contributed by atoms with Crippen molar-refractivity contribution >= 4 is 5.91 Å². The number of hydrogen-bond acceptors (Lipinski definition) is 4. The van der Waals surface area contributed by atoms with Gasteiger partial charge >= 0.3 is 0 Å². The topological polar surface area (TPSA) is 67.6 Å². The van der Waals surface area contributed by atoms with E-state index in [1.54, 1.807) is 7.11 Å². The van der Waals surface area contributed by atoms with E-state index in [0.717, 1.165) is 37.3 Å². The second-order valence-corrected chi connectivity index (χ2v) is 4.72. The highest BCUT2D eigenvalue weighted by Gasteiger charge is 2.28. The fourth-order valence-electron chi connectivity index (χ4n) is 2.56. The molecule has 104 valence electrons. The Morgan fingerprint density at radius 1 is 1.42 bits per heavy atom. The average Bonchev–Trinajstić information content (AvgIpc) is 2.42. The van der Waals surface area contributed by atoms with E-state index >= 15 is 0 Å². The van der Waals surface area contributed by atoms with Crippen LogP contribution >= 0.6 is 0 Å². The molecule has 0 radical (unpaired) electrons. The summed E-state index contributed by atoms with van der Waals surface area (Å²) in [4.78, 5) is 14.0. The highest BCUT2D eigenvalue weighted by atomic mass is 16.5. The molecular formula is C14H21N3O2. The Morgan fingerprint density at radius 2 is 2.11 bits per heavy atom. The van der Waals surface area contributed by atoms with Crippen LogP contribution in [0.5, 0.6) is 0 Å². The molecule has 3 N–H and O–H groups in total. The van der Waals surface area contributed by atoms with Gasteiger partial charge in [-0.3, -0.25) is 9.69 Å². The smallest absolute Gasteiger partial charge is 0.239 e. The van der Waals surface area contributed by atoms with Crippen LogP contribution in [0.25, 0.3) is 0 Å². The average molecular weight is 263 g/mol. The number of ether oxygens (including phenoxy) is 1. The van der Waals surface area contributed by atoms with Crippen molar-refractivity contribution in [3.05, 3.63) is 35.4 Å². The maximum atomic E-state index is 11.9. The molecule has 0 spiro atoms. The predicted octanol–water partition coefficient (Wildman–Crippen LogP) is 0.265. The molecule has 2 rings (SSSR count). The summed E-state index contributed by atoms with van der Waals surface area (Å²) in [6.45, 7) is 3.92. The van der Waals surface area contributed by atoms with Crippen molar-refractivity contribution in [3.8, 4) is 0 Å². The predicted molar refractivity (Wildman–Crippen MR) is 73.5 cm³/mol. The van der Waals surface area contributed by atoms with Gasteiger partial charge in [0.2, 0.25) is 5.91 Å². The molecule has 1 fully saturated rings. The van der Waals surface area contributed by atoms with E-state index in [1.165, 1.54) is 0 Å². The molecule has 1 unspecified atom stereocenters. The molecule has 5 heteroatoms. The highest BCUT2D eigenvalue weighted by molar-refractivity contribution is 5.82. The first-order chi connectivity index (χ1) is 9.24. The van der Waals surface area contributed by atoms with Gasteiger partial charge in [-0.15, -0.1) is 0 Å². The van der Waals surface area contributed by atoms with Gasteiger partial charge < -0.3 is 15.8 Å². The maximum absolute atomic E-state index is 11.9. The Balaban J connectivity index is 2.30. The van der Waals surface area contributed by atoms with Crippen molar-refractivity contribution in [2.24, 2.45) is 5.73 Å². The van der Waals surface area contributed by atoms with E-state index in [4.69, 9.17) is 10.5 Å². The third-order valence-corrected chi connectivity index (χ3v) is 3.44. The molecule has 0 bridgehead atoms. The molecule has 0 aliphatic carbocycles. The van der Waals surface area contributed by atoms with E-state index in [9.17, 15) is 4.79 Å². The summed E-state index contributed by atoms with van der Waals surface area (Å²) in [5, 5.41) is 3.28. The fraction of sp³-hybridized carbons (Fsp3) is 0.500. The van der Waals surface area contributed by atoms with Crippen molar-refractivity contribution in [1.29, 1.82) is 0 Å². The molecule has 19 heavy (non-hydrogen) atoms. The SMILES string of the molecule is COCc1ccccc1C(C(N)=O)N1CCNCC1. The van der Waals surface area contributed by atoms with Crippen LogP contribution in [0.15, 0.2) is 24.3 Å². The van der Waals surface area contributed by atoms with Gasteiger partial charge in [-0.25, -0.2) is 0 Å². The van der Waals surface area contributed by atoms with Gasteiger partial charge in [0, 0.05) is 33.3 Å². The summed E-state index contributed by atoms with van der Waals surface area (Å²) in [5.74, 6) is -0.301. The molecule has 1 aromatic rings. The summed E-state index contributed by atoms with van der Waals surface area (Å²) >= 11 is 0. The van der Waals surface area contributed by atoms with E-state index in [0.29, 0.717) is 6.61 Å². The number of carbonyl (C=O) groups is 1. The van der Waals surface area contributed by atoms with E-state index in [-0.39, 0.29) is 11.9 Å². The Kier molecular flexibility index (Phi) is 4.90. The lowest BCUT2D eigenvalue weighted by Crippen LogP contribution is -2.48. The van der Waals surface area contributed by atoms with Gasteiger partial charge in [0.25, 0.3) is 0 Å². The molecule has 1 atom stereocenters. The molecule has 0 saturated carbocycles. The number of primary amides is 1. The van der Waals surface area contributed by atoms with Crippen LogP contribution in [0.3, 0.4) is 0 Å². The second kappa shape index (κ2) is 6.65. The summed E-state index contributed by atoms with van der Waals surface area (Å²) in [6.07, 6.45) is 0. The van der Waals surface area contributed by atoms with Gasteiger partial charge in [0.05, 0.1) is 6.61 Å². The van der Waals surface area contributed by atoms with Crippen LogP contribution in [0.1, 0.15) is 17.2 Å². The van der Waals surface area contributed by atoms with Crippen molar-refractivity contribution in [2.75, 3.05) is 33.3 Å². The number of carbonyl (C=O) groups excluding carboxylic acids is 1. The largest absolute Gasteiger partial charge is 0.380 e. The van der Waals surface area contributed by atoms with Gasteiger partial charge in [0.15, 0.2) is 0 Å². The molecule has 1 amide bonds. The van der Waals surface area contributed by atoms with Crippen LogP contribution in [-0.4, -0.2) is 44.1 Å². The number of hydrogen-bond donors (Lipinski definition) is 2. The fourth-order valence-corrected chi connectivity index (χ4v) is 2.56. The molecule has 1 saturated heterocycles. The van der Waals surface area contributed by atoms with Gasteiger partial charge in [-0.1, -0.05) is 24.3 Å². The molecule has 1 aliphatic heterocycles. The zero-order valence-corrected chi connectivity index (χ0v) is 11.3. The quantitative estimate of drug-likeness (QED) is 0.800. The van der Waals surface area contributed by atoms with Crippen molar-refractivity contribution in [1.82, 2.24) is 10.2 Å². The first kappa shape index (κ1) is 14.0. The number of nitrogens with one attached hydrogen (secondary N) is 1. The highest BCUT2D eigenvalue weighted by Crippen LogP contribution is 2.24. The summed E-state index contributed by atoms with van der Waals surface area (Å²) < 4.78 is 5.20. The normalized spacial score (nSPS) is 18.2. The van der Waals surface area contributed by atoms with Crippen molar-refractivity contribution in [3.63, 3.8) is 0 Å². The zero-order chi connectivity index (χ0) is 13.7. The summed E-state index contributed by atoms with van der Waals surface area (Å²) in [5.41, 5.74) is 7.60. The first-order valence-corrected chi connectivity index (χ1v) is 6.55. The number of amides is 1. The van der Waals surface area contributed by atoms with Crippen LogP contribution in [0.2, 0.25) is 0 Å². The lowest BCUT2D eigenvalue weighted by Gasteiger charge is -2.34. The minimum Gasteiger partial charge on any atom is -0.380 e. The standard InChI is InChI=1S/C14H21N3O2/c1-19-10-11-4-2-3-5-12(11)13(14(15)18)17-8-6-16-7-9-17/h2-5,13,16H,6-10H2,1H3,(H2,15,18). The molecule has 5 nitrogen and oxygen atoms in total. The Bertz CT molecular complexity index is 430. The van der Waals surface area contributed by atoms with Crippen molar-refractivity contribution < 1.29 is 9.53 Å². The molecule has 1 heterocycles. The Hall–Kier alpha value is -1.43. The monoisotopic (exact) mass is 263 g/mol. The third-order valence-electron chi connectivity index (χ3n) is 3.44. The summed E-state index contributed by atoms with van der Waals surface area (Å²) in [7, 11) is 1.65. The van der Waals surface area contributed by atoms with Crippen LogP contribution in [0.4, 0.5) is 0 Å². The minimum atomic E-state index is -0.367. The Morgan fingerprint density at radius 3 is 2.74 bits per heavy atom. The molecular weight excluding hydrogens is 242 g/mol. The Labute approximate surface area is 113 Å². The lowest BCUT2D eigenvalue weighted by atomic mass is 9.98. The van der Waals surface area contributed by atoms with Crippen LogP contribution in [-0.2, 0) is 16.1 Å². The number of nitrogens with zero attached hydrogens (tertiary/aromatic N) is 1. The van der Waals surface area contributed by atoms with E-state index in [2.05, 4.69) is 10.2 Å². The van der Waals surface area contributed by atoms with Crippen LogP contribution in [0, 0.1) is 0 Å². The first-order valence-electron chi connectivity index (χ1n) is 6.55. The molecule has 1 aliphatic rings. The minimum absolute atomic E-state index is 0.301.